The number of nitrogens with one attached hydrogen (secondary N) is 1. The van der Waals surface area contributed by atoms with Crippen molar-refractivity contribution in [3.8, 4) is 0 Å². The maximum atomic E-state index is 12.0. The molecule has 100 valence electrons. The number of hydrogen-bond acceptors (Lipinski definition) is 6. The molecule has 0 spiro atoms. The van der Waals surface area contributed by atoms with E-state index in [0.29, 0.717) is 22.7 Å². The minimum atomic E-state index is -0.999. The summed E-state index contributed by atoms with van der Waals surface area (Å²) in [5, 5.41) is 18.9. The fraction of sp³-hybridized carbons (Fsp3) is 0.300. The number of hydrogen-bond donors (Lipinski definition) is 2. The van der Waals surface area contributed by atoms with Crippen LogP contribution in [-0.2, 0) is 17.8 Å². The SMILES string of the molecule is CCc1nnsc1C(=O)Nc1cnn(CC(=O)O)c1. The van der Waals surface area contributed by atoms with E-state index in [9.17, 15) is 9.59 Å². The van der Waals surface area contributed by atoms with Gasteiger partial charge in [-0.1, -0.05) is 11.4 Å². The molecule has 0 aliphatic carbocycles. The second-order valence-corrected chi connectivity index (χ2v) is 4.43. The molecule has 1 amide bonds. The van der Waals surface area contributed by atoms with Gasteiger partial charge < -0.3 is 10.4 Å². The van der Waals surface area contributed by atoms with Crippen molar-refractivity contribution in [1.29, 1.82) is 0 Å². The molecular weight excluding hydrogens is 270 g/mol. The van der Waals surface area contributed by atoms with E-state index in [1.807, 2.05) is 6.92 Å². The van der Waals surface area contributed by atoms with Crippen LogP contribution in [0.4, 0.5) is 5.69 Å². The number of anilines is 1. The molecule has 2 rings (SSSR count). The Bertz CT molecular complexity index is 606. The highest BCUT2D eigenvalue weighted by atomic mass is 32.1. The summed E-state index contributed by atoms with van der Waals surface area (Å²) in [4.78, 5) is 22.9. The van der Waals surface area contributed by atoms with E-state index in [1.165, 1.54) is 17.1 Å². The van der Waals surface area contributed by atoms with Crippen LogP contribution in [0.15, 0.2) is 12.4 Å². The molecule has 0 fully saturated rings. The minimum Gasteiger partial charge on any atom is -0.480 e. The number of aromatic nitrogens is 4. The lowest BCUT2D eigenvalue weighted by molar-refractivity contribution is -0.137. The van der Waals surface area contributed by atoms with Gasteiger partial charge >= 0.3 is 5.97 Å². The van der Waals surface area contributed by atoms with Crippen molar-refractivity contribution in [2.45, 2.75) is 19.9 Å². The molecule has 2 aromatic rings. The van der Waals surface area contributed by atoms with Crippen LogP contribution in [0.1, 0.15) is 22.3 Å². The lowest BCUT2D eigenvalue weighted by Gasteiger charge is -2.00. The average molecular weight is 281 g/mol. The molecule has 0 radical (unpaired) electrons. The van der Waals surface area contributed by atoms with Gasteiger partial charge in [-0.25, -0.2) is 0 Å². The first-order chi connectivity index (χ1) is 9.10. The largest absolute Gasteiger partial charge is 0.480 e. The Morgan fingerprint density at radius 1 is 1.53 bits per heavy atom. The summed E-state index contributed by atoms with van der Waals surface area (Å²) in [7, 11) is 0. The Morgan fingerprint density at radius 3 is 3.00 bits per heavy atom. The van der Waals surface area contributed by atoms with Gasteiger partial charge in [-0.3, -0.25) is 14.3 Å². The van der Waals surface area contributed by atoms with Gasteiger partial charge in [-0.2, -0.15) is 5.10 Å². The summed E-state index contributed by atoms with van der Waals surface area (Å²) in [6.07, 6.45) is 3.46. The Morgan fingerprint density at radius 2 is 2.32 bits per heavy atom. The number of carboxylic acids is 1. The zero-order valence-electron chi connectivity index (χ0n) is 10.0. The van der Waals surface area contributed by atoms with Gasteiger partial charge in [0.15, 0.2) is 0 Å². The number of aliphatic carboxylic acids is 1. The number of amides is 1. The summed E-state index contributed by atoms with van der Waals surface area (Å²) in [6, 6.07) is 0. The van der Waals surface area contributed by atoms with Crippen LogP contribution in [0.3, 0.4) is 0 Å². The predicted molar refractivity (Wildman–Crippen MR) is 67.1 cm³/mol. The molecule has 2 aromatic heterocycles. The van der Waals surface area contributed by atoms with E-state index in [0.717, 1.165) is 11.5 Å². The molecule has 0 bridgehead atoms. The number of aryl methyl sites for hydroxylation is 1. The first-order valence-corrected chi connectivity index (χ1v) is 6.24. The standard InChI is InChI=1S/C10H11N5O3S/c1-2-7-9(19-14-13-7)10(18)12-6-3-11-15(4-6)5-8(16)17/h3-4H,2,5H2,1H3,(H,12,18)(H,16,17). The predicted octanol–water partition coefficient (Wildman–Crippen LogP) is 0.634. The van der Waals surface area contributed by atoms with E-state index in [-0.39, 0.29) is 12.5 Å². The number of nitrogens with zero attached hydrogens (tertiary/aromatic N) is 4. The Balaban J connectivity index is 2.07. The molecule has 0 saturated carbocycles. The van der Waals surface area contributed by atoms with Crippen molar-refractivity contribution < 1.29 is 14.7 Å². The zero-order chi connectivity index (χ0) is 13.8. The average Bonchev–Trinajstić information content (AvgIpc) is 2.96. The van der Waals surface area contributed by atoms with Gasteiger partial charge in [0.2, 0.25) is 0 Å². The fourth-order valence-electron chi connectivity index (χ4n) is 1.45. The maximum Gasteiger partial charge on any atom is 0.325 e. The van der Waals surface area contributed by atoms with Gasteiger partial charge in [0, 0.05) is 6.20 Å². The summed E-state index contributed by atoms with van der Waals surface area (Å²) in [6.45, 7) is 1.64. The highest BCUT2D eigenvalue weighted by Gasteiger charge is 2.15. The van der Waals surface area contributed by atoms with E-state index in [4.69, 9.17) is 5.11 Å². The van der Waals surface area contributed by atoms with Crippen molar-refractivity contribution in [3.05, 3.63) is 23.0 Å². The van der Waals surface area contributed by atoms with Crippen molar-refractivity contribution in [2.75, 3.05) is 5.32 Å². The molecule has 0 aliphatic rings. The normalized spacial score (nSPS) is 10.4. The quantitative estimate of drug-likeness (QED) is 0.832. The van der Waals surface area contributed by atoms with Crippen LogP contribution in [0.25, 0.3) is 0 Å². The fourth-order valence-corrected chi connectivity index (χ4v) is 2.10. The van der Waals surface area contributed by atoms with Crippen LogP contribution in [0.2, 0.25) is 0 Å². The van der Waals surface area contributed by atoms with Crippen molar-refractivity contribution in [1.82, 2.24) is 19.4 Å². The molecule has 0 saturated heterocycles. The summed E-state index contributed by atoms with van der Waals surface area (Å²) < 4.78 is 4.96. The van der Waals surface area contributed by atoms with Crippen molar-refractivity contribution in [3.63, 3.8) is 0 Å². The van der Waals surface area contributed by atoms with Gasteiger partial charge in [0.25, 0.3) is 5.91 Å². The Labute approximate surface area is 112 Å². The number of carbonyl (C=O) groups excluding carboxylic acids is 1. The smallest absolute Gasteiger partial charge is 0.325 e. The number of carbonyl (C=O) groups is 2. The second-order valence-electron chi connectivity index (χ2n) is 3.68. The van der Waals surface area contributed by atoms with E-state index >= 15 is 0 Å². The first kappa shape index (κ1) is 13.1. The van der Waals surface area contributed by atoms with Crippen LogP contribution in [0, 0.1) is 0 Å². The van der Waals surface area contributed by atoms with Crippen LogP contribution < -0.4 is 5.32 Å². The third kappa shape index (κ3) is 3.13. The van der Waals surface area contributed by atoms with Crippen molar-refractivity contribution in [2.24, 2.45) is 0 Å². The Kier molecular flexibility index (Phi) is 3.85. The molecular formula is C10H11N5O3S. The van der Waals surface area contributed by atoms with Crippen LogP contribution in [-0.4, -0.2) is 36.4 Å². The molecule has 8 nitrogen and oxygen atoms in total. The summed E-state index contributed by atoms with van der Waals surface area (Å²) in [5.41, 5.74) is 1.07. The summed E-state index contributed by atoms with van der Waals surface area (Å²) >= 11 is 1.02. The molecule has 0 aliphatic heterocycles. The first-order valence-electron chi connectivity index (χ1n) is 5.47. The minimum absolute atomic E-state index is 0.252. The number of carboxylic acid groups (broad SMARTS) is 1. The topological polar surface area (TPSA) is 110 Å². The molecule has 9 heteroatoms. The molecule has 2 heterocycles. The van der Waals surface area contributed by atoms with E-state index in [2.05, 4.69) is 20.0 Å². The van der Waals surface area contributed by atoms with E-state index in [1.54, 1.807) is 0 Å². The van der Waals surface area contributed by atoms with Crippen LogP contribution >= 0.6 is 11.5 Å². The summed E-state index contributed by atoms with van der Waals surface area (Å²) in [5.74, 6) is -1.32. The molecule has 0 aromatic carbocycles. The zero-order valence-corrected chi connectivity index (χ0v) is 10.8. The number of rotatable bonds is 5. The van der Waals surface area contributed by atoms with Crippen molar-refractivity contribution >= 4 is 29.1 Å². The lowest BCUT2D eigenvalue weighted by Crippen LogP contribution is -2.12. The van der Waals surface area contributed by atoms with Gasteiger partial charge in [-0.05, 0) is 18.0 Å². The maximum absolute atomic E-state index is 12.0. The van der Waals surface area contributed by atoms with Crippen LogP contribution in [0.5, 0.6) is 0 Å². The third-order valence-electron chi connectivity index (χ3n) is 2.29. The second kappa shape index (κ2) is 5.57. The molecule has 19 heavy (non-hydrogen) atoms. The highest BCUT2D eigenvalue weighted by molar-refractivity contribution is 7.08. The monoisotopic (exact) mass is 281 g/mol. The van der Waals surface area contributed by atoms with Gasteiger partial charge in [0.05, 0.1) is 17.6 Å². The van der Waals surface area contributed by atoms with Gasteiger partial charge in [-0.15, -0.1) is 5.10 Å². The molecule has 0 atom stereocenters. The van der Waals surface area contributed by atoms with Gasteiger partial charge in [0.1, 0.15) is 11.4 Å². The molecule has 2 N–H and O–H groups in total. The molecule has 0 unspecified atom stereocenters. The lowest BCUT2D eigenvalue weighted by atomic mass is 10.3. The van der Waals surface area contributed by atoms with E-state index < -0.39 is 5.97 Å². The highest BCUT2D eigenvalue weighted by Crippen LogP contribution is 2.14. The third-order valence-corrected chi connectivity index (χ3v) is 3.05. The Hall–Kier alpha value is -2.29.